The van der Waals surface area contributed by atoms with Gasteiger partial charge in [0.25, 0.3) is 0 Å². The molecule has 0 bridgehead atoms. The third kappa shape index (κ3) is 4.83. The molecule has 2 aromatic rings. The van der Waals surface area contributed by atoms with E-state index in [2.05, 4.69) is 21.3 Å². The average Bonchev–Trinajstić information content (AvgIpc) is 3.13. The maximum atomic E-state index is 14.4. The Labute approximate surface area is 197 Å². The number of hydrogen-bond donors (Lipinski definition) is 1. The average molecular weight is 476 g/mol. The Morgan fingerprint density at radius 2 is 2.03 bits per heavy atom. The molecular formula is C23H27ClFN5O3. The molecule has 8 nitrogen and oxygen atoms in total. The molecule has 2 saturated heterocycles. The minimum Gasteiger partial charge on any atom is -0.444 e. The van der Waals surface area contributed by atoms with Crippen molar-refractivity contribution in [2.24, 2.45) is 0 Å². The highest BCUT2D eigenvalue weighted by atomic mass is 35.5. The number of anilines is 2. The minimum atomic E-state index is -1.32. The van der Waals surface area contributed by atoms with Crippen LogP contribution in [0, 0.1) is 11.3 Å². The molecule has 1 amide bonds. The summed E-state index contributed by atoms with van der Waals surface area (Å²) in [4.78, 5) is 20.3. The Morgan fingerprint density at radius 3 is 2.64 bits per heavy atom. The number of pyridine rings is 1. The number of piperazine rings is 1. The van der Waals surface area contributed by atoms with Gasteiger partial charge in [-0.25, -0.2) is 14.2 Å². The molecule has 0 saturated carbocycles. The highest BCUT2D eigenvalue weighted by molar-refractivity contribution is 6.34. The van der Waals surface area contributed by atoms with Crippen LogP contribution in [0.1, 0.15) is 20.8 Å². The number of benzene rings is 1. The molecule has 2 fully saturated rings. The number of nitrogens with zero attached hydrogens (tertiary/aromatic N) is 4. The number of ether oxygens (including phenoxy) is 2. The van der Waals surface area contributed by atoms with Gasteiger partial charge in [-0.3, -0.25) is 10.2 Å². The zero-order chi connectivity index (χ0) is 23.8. The summed E-state index contributed by atoms with van der Waals surface area (Å²) in [5, 5.41) is 14.6. The fourth-order valence-electron chi connectivity index (χ4n) is 4.23. The summed E-state index contributed by atoms with van der Waals surface area (Å²) in [7, 11) is 0. The van der Waals surface area contributed by atoms with E-state index in [-0.39, 0.29) is 13.2 Å². The number of carbonyl (C=O) groups excluding carboxylic acids is 1. The number of amides is 1. The zero-order valence-electron chi connectivity index (χ0n) is 18.9. The van der Waals surface area contributed by atoms with Crippen molar-refractivity contribution in [2.45, 2.75) is 38.1 Å². The Kier molecular flexibility index (Phi) is 6.36. The van der Waals surface area contributed by atoms with Gasteiger partial charge in [0.1, 0.15) is 11.4 Å². The largest absolute Gasteiger partial charge is 0.444 e. The molecule has 176 valence electrons. The van der Waals surface area contributed by atoms with E-state index >= 15 is 0 Å². The van der Waals surface area contributed by atoms with Gasteiger partial charge in [-0.1, -0.05) is 11.6 Å². The van der Waals surface area contributed by atoms with E-state index < -0.39 is 23.4 Å². The fraction of sp³-hybridized carbons (Fsp3) is 0.522. The number of hydrogen-bond acceptors (Lipinski definition) is 7. The summed E-state index contributed by atoms with van der Waals surface area (Å²) in [6.45, 7) is 7.65. The molecule has 0 spiro atoms. The van der Waals surface area contributed by atoms with Crippen LogP contribution in [0.15, 0.2) is 24.4 Å². The lowest BCUT2D eigenvalue weighted by atomic mass is 9.95. The van der Waals surface area contributed by atoms with E-state index in [0.717, 1.165) is 16.5 Å². The van der Waals surface area contributed by atoms with Gasteiger partial charge in [-0.2, -0.15) is 5.26 Å². The van der Waals surface area contributed by atoms with Crippen LogP contribution in [0.4, 0.5) is 20.7 Å². The molecule has 1 N–H and O–H groups in total. The van der Waals surface area contributed by atoms with E-state index in [1.54, 1.807) is 33.0 Å². The van der Waals surface area contributed by atoms with E-state index in [0.29, 0.717) is 37.0 Å². The standard InChI is InChI=1S/C23H27ClFN5O3/c1-22(2,3)33-21(31)28-20-10-15-9-18(17(24)8-16(15)11-27-20)29-4-6-30(7-5-29)23(13-26)14-32-12-19(23)25/h8-11,19H,4-7,12,14H2,1-3H3,(H,27,28,31). The van der Waals surface area contributed by atoms with Gasteiger partial charge in [0.05, 0.1) is 30.0 Å². The number of fused-ring (bicyclic) bond motifs is 1. The molecule has 3 heterocycles. The molecule has 2 aliphatic rings. The van der Waals surface area contributed by atoms with Crippen LogP contribution in [0.5, 0.6) is 0 Å². The molecule has 2 atom stereocenters. The lowest BCUT2D eigenvalue weighted by Gasteiger charge is -2.43. The van der Waals surface area contributed by atoms with Crippen molar-refractivity contribution in [3.05, 3.63) is 29.4 Å². The van der Waals surface area contributed by atoms with Crippen molar-refractivity contribution in [1.29, 1.82) is 5.26 Å². The van der Waals surface area contributed by atoms with Crippen LogP contribution in [0.25, 0.3) is 10.8 Å². The Balaban J connectivity index is 1.51. The third-order valence-electron chi connectivity index (χ3n) is 5.90. The Hall–Kier alpha value is -2.67. The predicted octanol–water partition coefficient (Wildman–Crippen LogP) is 3.99. The van der Waals surface area contributed by atoms with Crippen molar-refractivity contribution >= 4 is 40.0 Å². The van der Waals surface area contributed by atoms with Crippen LogP contribution in [0.2, 0.25) is 5.02 Å². The Morgan fingerprint density at radius 1 is 1.30 bits per heavy atom. The highest BCUT2D eigenvalue weighted by Gasteiger charge is 2.50. The predicted molar refractivity (Wildman–Crippen MR) is 124 cm³/mol. The summed E-state index contributed by atoms with van der Waals surface area (Å²) in [5.74, 6) is 0.376. The van der Waals surface area contributed by atoms with E-state index in [1.807, 2.05) is 17.0 Å². The lowest BCUT2D eigenvalue weighted by molar-refractivity contribution is 0.0635. The number of nitriles is 1. The zero-order valence-corrected chi connectivity index (χ0v) is 19.7. The molecule has 1 aromatic heterocycles. The monoisotopic (exact) mass is 475 g/mol. The van der Waals surface area contributed by atoms with E-state index in [9.17, 15) is 14.4 Å². The van der Waals surface area contributed by atoms with Gasteiger partial charge in [0.2, 0.25) is 0 Å². The van der Waals surface area contributed by atoms with Crippen LogP contribution in [0.3, 0.4) is 0 Å². The third-order valence-corrected chi connectivity index (χ3v) is 6.20. The highest BCUT2D eigenvalue weighted by Crippen LogP contribution is 2.34. The second-order valence-corrected chi connectivity index (χ2v) is 9.75. The molecule has 33 heavy (non-hydrogen) atoms. The molecule has 0 radical (unpaired) electrons. The van der Waals surface area contributed by atoms with Gasteiger partial charge >= 0.3 is 6.09 Å². The quantitative estimate of drug-likeness (QED) is 0.717. The summed E-state index contributed by atoms with van der Waals surface area (Å²) in [6.07, 6.45) is -0.247. The van der Waals surface area contributed by atoms with Crippen LogP contribution >= 0.6 is 11.6 Å². The first-order valence-electron chi connectivity index (χ1n) is 10.8. The van der Waals surface area contributed by atoms with Crippen molar-refractivity contribution in [2.75, 3.05) is 49.6 Å². The van der Waals surface area contributed by atoms with Gasteiger partial charge in [0.15, 0.2) is 11.7 Å². The summed E-state index contributed by atoms with van der Waals surface area (Å²) >= 11 is 6.57. The van der Waals surface area contributed by atoms with Crippen LogP contribution < -0.4 is 10.2 Å². The molecule has 1 aromatic carbocycles. The van der Waals surface area contributed by atoms with Crippen LogP contribution in [-0.4, -0.2) is 72.7 Å². The molecule has 10 heteroatoms. The lowest BCUT2D eigenvalue weighted by Crippen LogP contribution is -2.60. The second kappa shape index (κ2) is 8.93. The van der Waals surface area contributed by atoms with Gasteiger partial charge < -0.3 is 14.4 Å². The maximum absolute atomic E-state index is 14.4. The first-order valence-corrected chi connectivity index (χ1v) is 11.2. The molecule has 2 unspecified atom stereocenters. The Bertz CT molecular complexity index is 1090. The minimum absolute atomic E-state index is 0.0437. The molecule has 0 aliphatic carbocycles. The first kappa shape index (κ1) is 23.5. The smallest absolute Gasteiger partial charge is 0.413 e. The van der Waals surface area contributed by atoms with Crippen molar-refractivity contribution < 1.29 is 18.7 Å². The van der Waals surface area contributed by atoms with Gasteiger partial charge in [-0.15, -0.1) is 0 Å². The molecule has 4 rings (SSSR count). The fourth-order valence-corrected chi connectivity index (χ4v) is 4.52. The van der Waals surface area contributed by atoms with Crippen molar-refractivity contribution in [3.8, 4) is 6.07 Å². The van der Waals surface area contributed by atoms with Crippen molar-refractivity contribution in [1.82, 2.24) is 9.88 Å². The molecule has 2 aliphatic heterocycles. The topological polar surface area (TPSA) is 90.7 Å². The normalized spacial score (nSPS) is 24.0. The van der Waals surface area contributed by atoms with Crippen molar-refractivity contribution in [3.63, 3.8) is 0 Å². The van der Waals surface area contributed by atoms with E-state index in [4.69, 9.17) is 21.1 Å². The molecular weight excluding hydrogens is 449 g/mol. The summed E-state index contributed by atoms with van der Waals surface area (Å²) in [5.41, 5.74) is -0.989. The SMILES string of the molecule is CC(C)(C)OC(=O)Nc1cc2cc(N3CCN(C4(C#N)COCC4F)CC3)c(Cl)cc2cn1. The number of carbonyl (C=O) groups is 1. The number of halogens is 2. The number of rotatable bonds is 3. The summed E-state index contributed by atoms with van der Waals surface area (Å²) < 4.78 is 25.0. The van der Waals surface area contributed by atoms with E-state index in [1.165, 1.54) is 0 Å². The van der Waals surface area contributed by atoms with Gasteiger partial charge in [0, 0.05) is 37.8 Å². The number of aromatic nitrogens is 1. The van der Waals surface area contributed by atoms with Crippen LogP contribution in [-0.2, 0) is 9.47 Å². The summed E-state index contributed by atoms with van der Waals surface area (Å²) in [6, 6.07) is 7.71. The maximum Gasteiger partial charge on any atom is 0.413 e. The number of alkyl halides is 1. The first-order chi connectivity index (χ1) is 15.6. The van der Waals surface area contributed by atoms with Gasteiger partial charge in [-0.05, 0) is 44.4 Å². The second-order valence-electron chi connectivity index (χ2n) is 9.34. The number of nitrogens with one attached hydrogen (secondary N) is 1.